The Bertz CT molecular complexity index is 331. The van der Waals surface area contributed by atoms with Crippen LogP contribution in [0.3, 0.4) is 0 Å². The standard InChI is InChI=1S/C12H18N2/c1-9(2)14-6-4-5-11-7-10(3)13-8-12(11)14/h7-9H,4-6H2,1-3H3. The van der Waals surface area contributed by atoms with Gasteiger partial charge in [0.05, 0.1) is 11.9 Å². The van der Waals surface area contributed by atoms with Crippen molar-refractivity contribution in [3.63, 3.8) is 0 Å². The van der Waals surface area contributed by atoms with E-state index in [4.69, 9.17) is 0 Å². The van der Waals surface area contributed by atoms with E-state index in [0.29, 0.717) is 6.04 Å². The Morgan fingerprint density at radius 1 is 1.43 bits per heavy atom. The van der Waals surface area contributed by atoms with Crippen LogP contribution in [-0.4, -0.2) is 17.6 Å². The zero-order chi connectivity index (χ0) is 10.1. The van der Waals surface area contributed by atoms with Gasteiger partial charge in [0.25, 0.3) is 0 Å². The highest BCUT2D eigenvalue weighted by molar-refractivity contribution is 5.54. The lowest BCUT2D eigenvalue weighted by molar-refractivity contribution is 0.623. The molecule has 0 saturated heterocycles. The van der Waals surface area contributed by atoms with Crippen molar-refractivity contribution in [1.29, 1.82) is 0 Å². The Hall–Kier alpha value is -1.05. The third kappa shape index (κ3) is 1.61. The summed E-state index contributed by atoms with van der Waals surface area (Å²) in [5.41, 5.74) is 3.95. The number of nitrogens with zero attached hydrogens (tertiary/aromatic N) is 2. The zero-order valence-corrected chi connectivity index (χ0v) is 9.25. The molecule has 0 atom stereocenters. The van der Waals surface area contributed by atoms with Gasteiger partial charge in [-0.1, -0.05) is 0 Å². The maximum absolute atomic E-state index is 4.38. The summed E-state index contributed by atoms with van der Waals surface area (Å²) in [5.74, 6) is 0. The summed E-state index contributed by atoms with van der Waals surface area (Å²) in [5, 5.41) is 0. The third-order valence-corrected chi connectivity index (χ3v) is 2.88. The van der Waals surface area contributed by atoms with Crippen LogP contribution in [0.15, 0.2) is 12.3 Å². The molecule has 0 saturated carbocycles. The Morgan fingerprint density at radius 3 is 2.93 bits per heavy atom. The highest BCUT2D eigenvalue weighted by Crippen LogP contribution is 2.28. The van der Waals surface area contributed by atoms with E-state index < -0.39 is 0 Å². The molecule has 1 aliphatic heterocycles. The van der Waals surface area contributed by atoms with Gasteiger partial charge in [-0.2, -0.15) is 0 Å². The summed E-state index contributed by atoms with van der Waals surface area (Å²) in [6.07, 6.45) is 4.51. The lowest BCUT2D eigenvalue weighted by atomic mass is 10.0. The number of fused-ring (bicyclic) bond motifs is 1. The molecular weight excluding hydrogens is 172 g/mol. The Balaban J connectivity index is 2.40. The summed E-state index contributed by atoms with van der Waals surface area (Å²) < 4.78 is 0. The summed E-state index contributed by atoms with van der Waals surface area (Å²) in [6, 6.07) is 2.81. The number of anilines is 1. The van der Waals surface area contributed by atoms with Gasteiger partial charge in [-0.05, 0) is 45.2 Å². The molecular formula is C12H18N2. The van der Waals surface area contributed by atoms with Crippen molar-refractivity contribution in [3.05, 3.63) is 23.5 Å². The molecule has 76 valence electrons. The molecule has 0 N–H and O–H groups in total. The maximum Gasteiger partial charge on any atom is 0.0587 e. The minimum absolute atomic E-state index is 0.582. The number of rotatable bonds is 1. The quantitative estimate of drug-likeness (QED) is 0.676. The normalized spacial score (nSPS) is 15.9. The van der Waals surface area contributed by atoms with Gasteiger partial charge in [-0.25, -0.2) is 0 Å². The van der Waals surface area contributed by atoms with Crippen LogP contribution >= 0.6 is 0 Å². The first-order valence-corrected chi connectivity index (χ1v) is 5.40. The number of hydrogen-bond acceptors (Lipinski definition) is 2. The van der Waals surface area contributed by atoms with Crippen LogP contribution in [0.25, 0.3) is 0 Å². The fraction of sp³-hybridized carbons (Fsp3) is 0.583. The number of aryl methyl sites for hydroxylation is 2. The van der Waals surface area contributed by atoms with E-state index in [1.54, 1.807) is 0 Å². The van der Waals surface area contributed by atoms with Crippen molar-refractivity contribution in [2.45, 2.75) is 39.7 Å². The van der Waals surface area contributed by atoms with Crippen LogP contribution in [0.5, 0.6) is 0 Å². The summed E-state index contributed by atoms with van der Waals surface area (Å²) in [7, 11) is 0. The minimum atomic E-state index is 0.582. The van der Waals surface area contributed by atoms with Crippen LogP contribution in [0.2, 0.25) is 0 Å². The SMILES string of the molecule is Cc1cc2c(cn1)N(C(C)C)CCC2. The van der Waals surface area contributed by atoms with Gasteiger partial charge in [-0.15, -0.1) is 0 Å². The predicted octanol–water partition coefficient (Wildman–Crippen LogP) is 2.55. The van der Waals surface area contributed by atoms with Gasteiger partial charge in [0, 0.05) is 18.3 Å². The van der Waals surface area contributed by atoms with Gasteiger partial charge >= 0.3 is 0 Å². The van der Waals surface area contributed by atoms with E-state index in [1.165, 1.54) is 30.6 Å². The molecule has 2 heterocycles. The first-order chi connectivity index (χ1) is 6.68. The van der Waals surface area contributed by atoms with Gasteiger partial charge < -0.3 is 4.90 Å². The first kappa shape index (κ1) is 9.50. The second kappa shape index (κ2) is 3.60. The third-order valence-electron chi connectivity index (χ3n) is 2.88. The van der Waals surface area contributed by atoms with Crippen molar-refractivity contribution in [2.75, 3.05) is 11.4 Å². The van der Waals surface area contributed by atoms with E-state index in [1.807, 2.05) is 6.20 Å². The average Bonchev–Trinajstić information content (AvgIpc) is 2.16. The van der Waals surface area contributed by atoms with Crippen molar-refractivity contribution in [3.8, 4) is 0 Å². The summed E-state index contributed by atoms with van der Waals surface area (Å²) >= 11 is 0. The fourth-order valence-electron chi connectivity index (χ4n) is 2.16. The van der Waals surface area contributed by atoms with Crippen LogP contribution in [0, 0.1) is 6.92 Å². The maximum atomic E-state index is 4.38. The molecule has 0 aromatic carbocycles. The average molecular weight is 190 g/mol. The molecule has 1 aliphatic rings. The summed E-state index contributed by atoms with van der Waals surface area (Å²) in [6.45, 7) is 7.73. The van der Waals surface area contributed by atoms with Crippen molar-refractivity contribution >= 4 is 5.69 Å². The first-order valence-electron chi connectivity index (χ1n) is 5.40. The minimum Gasteiger partial charge on any atom is -0.368 e. The fourth-order valence-corrected chi connectivity index (χ4v) is 2.16. The molecule has 0 bridgehead atoms. The number of hydrogen-bond donors (Lipinski definition) is 0. The number of pyridine rings is 1. The zero-order valence-electron chi connectivity index (χ0n) is 9.25. The highest BCUT2D eigenvalue weighted by atomic mass is 15.2. The predicted molar refractivity (Wildman–Crippen MR) is 59.8 cm³/mol. The lowest BCUT2D eigenvalue weighted by Crippen LogP contribution is -2.35. The second-order valence-corrected chi connectivity index (χ2v) is 4.35. The molecule has 0 unspecified atom stereocenters. The van der Waals surface area contributed by atoms with Crippen molar-refractivity contribution < 1.29 is 0 Å². The highest BCUT2D eigenvalue weighted by Gasteiger charge is 2.18. The molecule has 0 aliphatic carbocycles. The smallest absolute Gasteiger partial charge is 0.0587 e. The van der Waals surface area contributed by atoms with Crippen molar-refractivity contribution in [1.82, 2.24) is 4.98 Å². The van der Waals surface area contributed by atoms with E-state index in [9.17, 15) is 0 Å². The monoisotopic (exact) mass is 190 g/mol. The van der Waals surface area contributed by atoms with Crippen LogP contribution in [-0.2, 0) is 6.42 Å². The van der Waals surface area contributed by atoms with Gasteiger partial charge in [-0.3, -0.25) is 4.98 Å². The van der Waals surface area contributed by atoms with Gasteiger partial charge in [0.15, 0.2) is 0 Å². The second-order valence-electron chi connectivity index (χ2n) is 4.35. The van der Waals surface area contributed by atoms with Crippen molar-refractivity contribution in [2.24, 2.45) is 0 Å². The molecule has 1 aromatic rings. The van der Waals surface area contributed by atoms with Crippen LogP contribution in [0.1, 0.15) is 31.5 Å². The van der Waals surface area contributed by atoms with Gasteiger partial charge in [0.2, 0.25) is 0 Å². The van der Waals surface area contributed by atoms with Gasteiger partial charge in [0.1, 0.15) is 0 Å². The Labute approximate surface area is 86.0 Å². The van der Waals surface area contributed by atoms with E-state index >= 15 is 0 Å². The Kier molecular flexibility index (Phi) is 2.44. The molecule has 0 fully saturated rings. The van der Waals surface area contributed by atoms with E-state index in [-0.39, 0.29) is 0 Å². The lowest BCUT2D eigenvalue weighted by Gasteiger charge is -2.34. The molecule has 0 radical (unpaired) electrons. The molecule has 2 rings (SSSR count). The van der Waals surface area contributed by atoms with Crippen LogP contribution < -0.4 is 4.90 Å². The Morgan fingerprint density at radius 2 is 2.21 bits per heavy atom. The molecule has 0 amide bonds. The largest absolute Gasteiger partial charge is 0.368 e. The number of aromatic nitrogens is 1. The molecule has 1 aromatic heterocycles. The molecule has 14 heavy (non-hydrogen) atoms. The van der Waals surface area contributed by atoms with E-state index in [2.05, 4.69) is 36.7 Å². The molecule has 2 heteroatoms. The summed E-state index contributed by atoms with van der Waals surface area (Å²) in [4.78, 5) is 6.83. The molecule has 2 nitrogen and oxygen atoms in total. The topological polar surface area (TPSA) is 16.1 Å². The molecule has 0 spiro atoms. The van der Waals surface area contributed by atoms with Crippen LogP contribution in [0.4, 0.5) is 5.69 Å². The van der Waals surface area contributed by atoms with E-state index in [0.717, 1.165) is 5.69 Å².